The topological polar surface area (TPSA) is 27.7 Å². The van der Waals surface area contributed by atoms with Gasteiger partial charge in [0, 0.05) is 0 Å². The summed E-state index contributed by atoms with van der Waals surface area (Å²) in [5.74, 6) is 0. The third-order valence-electron chi connectivity index (χ3n) is 1.97. The van der Waals surface area contributed by atoms with Crippen LogP contribution in [-0.4, -0.2) is 19.5 Å². The van der Waals surface area contributed by atoms with Gasteiger partial charge in [-0.3, -0.25) is 0 Å². The zero-order chi connectivity index (χ0) is 7.52. The highest BCUT2D eigenvalue weighted by atomic mass is 17.2. The van der Waals surface area contributed by atoms with Crippen molar-refractivity contribution in [3.63, 3.8) is 0 Å². The van der Waals surface area contributed by atoms with E-state index < -0.39 is 0 Å². The summed E-state index contributed by atoms with van der Waals surface area (Å²) in [6, 6.07) is 0. The highest BCUT2D eigenvalue weighted by Crippen LogP contribution is 2.24. The lowest BCUT2D eigenvalue weighted by atomic mass is 10.2. The van der Waals surface area contributed by atoms with E-state index in [0.29, 0.717) is 13.2 Å². The van der Waals surface area contributed by atoms with Gasteiger partial charge < -0.3 is 4.74 Å². The average molecular weight is 156 g/mol. The highest BCUT2D eigenvalue weighted by Gasteiger charge is 2.21. The van der Waals surface area contributed by atoms with E-state index in [2.05, 4.69) is 6.08 Å². The van der Waals surface area contributed by atoms with E-state index in [1.165, 1.54) is 12.0 Å². The molecule has 0 radical (unpaired) electrons. The quantitative estimate of drug-likeness (QED) is 0.424. The van der Waals surface area contributed by atoms with Crippen LogP contribution in [0.5, 0.6) is 0 Å². The van der Waals surface area contributed by atoms with Crippen LogP contribution in [0.25, 0.3) is 0 Å². The van der Waals surface area contributed by atoms with Crippen LogP contribution in [0.4, 0.5) is 0 Å². The first-order valence-electron chi connectivity index (χ1n) is 4.05. The lowest BCUT2D eigenvalue weighted by molar-refractivity contribution is -0.405. The Labute approximate surface area is 65.9 Å². The van der Waals surface area contributed by atoms with Crippen molar-refractivity contribution in [2.45, 2.75) is 25.6 Å². The Morgan fingerprint density at radius 1 is 1.36 bits per heavy atom. The maximum atomic E-state index is 5.35. The maximum Gasteiger partial charge on any atom is 0.213 e. The van der Waals surface area contributed by atoms with Crippen LogP contribution in [0, 0.1) is 0 Å². The van der Waals surface area contributed by atoms with Gasteiger partial charge in [0.15, 0.2) is 0 Å². The van der Waals surface area contributed by atoms with Crippen molar-refractivity contribution < 1.29 is 14.5 Å². The molecule has 1 fully saturated rings. The predicted molar refractivity (Wildman–Crippen MR) is 38.7 cm³/mol. The molecule has 3 nitrogen and oxygen atoms in total. The fourth-order valence-electron chi connectivity index (χ4n) is 1.41. The van der Waals surface area contributed by atoms with Crippen molar-refractivity contribution in [2.24, 2.45) is 0 Å². The smallest absolute Gasteiger partial charge is 0.213 e. The normalized spacial score (nSPS) is 32.0. The molecule has 0 N–H and O–H groups in total. The van der Waals surface area contributed by atoms with Gasteiger partial charge in [0.2, 0.25) is 6.29 Å². The molecule has 2 aliphatic rings. The molecular weight excluding hydrogens is 144 g/mol. The SMILES string of the molecule is C1=C(C2OCCOO2)CCC1. The van der Waals surface area contributed by atoms with E-state index in [0.717, 1.165) is 12.8 Å². The monoisotopic (exact) mass is 156 g/mol. The Kier molecular flexibility index (Phi) is 2.21. The van der Waals surface area contributed by atoms with E-state index in [9.17, 15) is 0 Å². The third kappa shape index (κ3) is 1.61. The fourth-order valence-corrected chi connectivity index (χ4v) is 1.41. The third-order valence-corrected chi connectivity index (χ3v) is 1.97. The number of ether oxygens (including phenoxy) is 1. The summed E-state index contributed by atoms with van der Waals surface area (Å²) in [6.07, 6.45) is 5.43. The molecule has 0 aromatic carbocycles. The van der Waals surface area contributed by atoms with Gasteiger partial charge in [0.1, 0.15) is 6.61 Å². The van der Waals surface area contributed by atoms with Crippen LogP contribution >= 0.6 is 0 Å². The Bertz CT molecular complexity index is 159. The molecule has 2 rings (SSSR count). The Hall–Kier alpha value is -0.380. The van der Waals surface area contributed by atoms with E-state index >= 15 is 0 Å². The second kappa shape index (κ2) is 3.34. The number of rotatable bonds is 1. The molecular formula is C8H12O3. The summed E-state index contributed by atoms with van der Waals surface area (Å²) >= 11 is 0. The van der Waals surface area contributed by atoms with Gasteiger partial charge in [-0.1, -0.05) is 6.08 Å². The Morgan fingerprint density at radius 3 is 3.00 bits per heavy atom. The first kappa shape index (κ1) is 7.28. The van der Waals surface area contributed by atoms with Gasteiger partial charge in [-0.15, -0.1) is 0 Å². The number of allylic oxidation sites excluding steroid dienone is 1. The largest absolute Gasteiger partial charge is 0.344 e. The minimum absolute atomic E-state index is 0.216. The lowest BCUT2D eigenvalue weighted by Gasteiger charge is -2.22. The minimum atomic E-state index is -0.216. The van der Waals surface area contributed by atoms with Gasteiger partial charge >= 0.3 is 0 Å². The van der Waals surface area contributed by atoms with Crippen LogP contribution < -0.4 is 0 Å². The molecule has 62 valence electrons. The van der Waals surface area contributed by atoms with Crippen LogP contribution in [-0.2, 0) is 14.5 Å². The summed E-state index contributed by atoms with van der Waals surface area (Å²) < 4.78 is 5.35. The Balaban J connectivity index is 1.92. The predicted octanol–water partition coefficient (Wildman–Crippen LogP) is 1.40. The van der Waals surface area contributed by atoms with E-state index in [4.69, 9.17) is 14.5 Å². The van der Waals surface area contributed by atoms with E-state index in [1.54, 1.807) is 0 Å². The van der Waals surface area contributed by atoms with Crippen LogP contribution in [0.2, 0.25) is 0 Å². The van der Waals surface area contributed by atoms with Crippen molar-refractivity contribution >= 4 is 0 Å². The molecule has 1 unspecified atom stereocenters. The van der Waals surface area contributed by atoms with Gasteiger partial charge in [0.05, 0.1) is 6.61 Å². The van der Waals surface area contributed by atoms with Crippen molar-refractivity contribution in [1.29, 1.82) is 0 Å². The van der Waals surface area contributed by atoms with Crippen LogP contribution in [0.15, 0.2) is 11.6 Å². The fraction of sp³-hybridized carbons (Fsp3) is 0.750. The molecule has 0 spiro atoms. The molecule has 1 heterocycles. The Morgan fingerprint density at radius 2 is 2.36 bits per heavy atom. The number of hydrogen-bond acceptors (Lipinski definition) is 3. The molecule has 1 aliphatic carbocycles. The molecule has 0 amide bonds. The molecule has 0 aromatic rings. The molecule has 1 saturated heterocycles. The molecule has 11 heavy (non-hydrogen) atoms. The molecule has 0 bridgehead atoms. The van der Waals surface area contributed by atoms with Gasteiger partial charge in [0.25, 0.3) is 0 Å². The van der Waals surface area contributed by atoms with Crippen molar-refractivity contribution in [1.82, 2.24) is 0 Å². The van der Waals surface area contributed by atoms with E-state index in [1.807, 2.05) is 0 Å². The summed E-state index contributed by atoms with van der Waals surface area (Å²) in [5.41, 5.74) is 1.24. The molecule has 0 aromatic heterocycles. The molecule has 1 aliphatic heterocycles. The minimum Gasteiger partial charge on any atom is -0.344 e. The molecule has 3 heteroatoms. The molecule has 1 atom stereocenters. The van der Waals surface area contributed by atoms with Gasteiger partial charge in [-0.2, -0.15) is 4.89 Å². The standard InChI is InChI=1S/C8H12O3/c1-2-4-7(3-1)8-9-5-6-10-11-8/h3,8H,1-2,4-6H2. The zero-order valence-corrected chi connectivity index (χ0v) is 6.41. The average Bonchev–Trinajstić information content (AvgIpc) is 2.58. The van der Waals surface area contributed by atoms with Gasteiger partial charge in [-0.25, -0.2) is 4.89 Å². The van der Waals surface area contributed by atoms with E-state index in [-0.39, 0.29) is 6.29 Å². The van der Waals surface area contributed by atoms with Crippen molar-refractivity contribution in [3.8, 4) is 0 Å². The summed E-state index contributed by atoms with van der Waals surface area (Å²) in [6.45, 7) is 1.19. The maximum absolute atomic E-state index is 5.35. The lowest BCUT2D eigenvalue weighted by Crippen LogP contribution is -2.27. The van der Waals surface area contributed by atoms with Crippen molar-refractivity contribution in [2.75, 3.05) is 13.2 Å². The van der Waals surface area contributed by atoms with Crippen LogP contribution in [0.1, 0.15) is 19.3 Å². The first-order valence-corrected chi connectivity index (χ1v) is 4.05. The summed E-state index contributed by atoms with van der Waals surface area (Å²) in [7, 11) is 0. The first-order chi connectivity index (χ1) is 5.47. The molecule has 0 saturated carbocycles. The second-order valence-corrected chi connectivity index (χ2v) is 2.79. The number of hydrogen-bond donors (Lipinski definition) is 0. The van der Waals surface area contributed by atoms with Gasteiger partial charge in [-0.05, 0) is 24.8 Å². The van der Waals surface area contributed by atoms with Crippen LogP contribution in [0.3, 0.4) is 0 Å². The second-order valence-electron chi connectivity index (χ2n) is 2.79. The summed E-state index contributed by atoms with van der Waals surface area (Å²) in [4.78, 5) is 9.80. The zero-order valence-electron chi connectivity index (χ0n) is 6.41. The summed E-state index contributed by atoms with van der Waals surface area (Å²) in [5, 5.41) is 0. The van der Waals surface area contributed by atoms with Crippen molar-refractivity contribution in [3.05, 3.63) is 11.6 Å². The highest BCUT2D eigenvalue weighted by molar-refractivity contribution is 5.10.